The number of benzene rings is 2. The van der Waals surface area contributed by atoms with Gasteiger partial charge in [0.05, 0.1) is 12.1 Å². The summed E-state index contributed by atoms with van der Waals surface area (Å²) in [5, 5.41) is 13.1. The Morgan fingerprint density at radius 2 is 1.88 bits per heavy atom. The second-order valence-electron chi connectivity index (χ2n) is 6.76. The van der Waals surface area contributed by atoms with E-state index in [1.165, 1.54) is 0 Å². The van der Waals surface area contributed by atoms with Gasteiger partial charge in [0.2, 0.25) is 5.91 Å². The van der Waals surface area contributed by atoms with Crippen LogP contribution < -0.4 is 5.32 Å². The molecule has 0 bridgehead atoms. The summed E-state index contributed by atoms with van der Waals surface area (Å²) in [6.45, 7) is 3.85. The van der Waals surface area contributed by atoms with Crippen LogP contribution in [0.2, 0.25) is 0 Å². The maximum atomic E-state index is 12.4. The van der Waals surface area contributed by atoms with Gasteiger partial charge in [0.15, 0.2) is 5.78 Å². The Morgan fingerprint density at radius 1 is 1.12 bits per heavy atom. The van der Waals surface area contributed by atoms with Gasteiger partial charge in [0.25, 0.3) is 0 Å². The summed E-state index contributed by atoms with van der Waals surface area (Å²) < 4.78 is 0. The molecule has 3 rings (SSSR count). The van der Waals surface area contributed by atoms with E-state index >= 15 is 0 Å². The molecular formula is C21H23NO3. The summed E-state index contributed by atoms with van der Waals surface area (Å²) in [4.78, 5) is 24.7. The first-order chi connectivity index (χ1) is 12.0. The van der Waals surface area contributed by atoms with E-state index in [1.807, 2.05) is 56.3 Å². The molecule has 2 N–H and O–H groups in total. The smallest absolute Gasteiger partial charge is 0.221 e. The van der Waals surface area contributed by atoms with Crippen molar-refractivity contribution < 1.29 is 14.7 Å². The molecular weight excluding hydrogens is 314 g/mol. The largest absolute Gasteiger partial charge is 0.390 e. The number of aryl methyl sites for hydroxylation is 2. The van der Waals surface area contributed by atoms with Gasteiger partial charge in [0.1, 0.15) is 0 Å². The topological polar surface area (TPSA) is 66.4 Å². The van der Waals surface area contributed by atoms with Gasteiger partial charge in [-0.3, -0.25) is 9.59 Å². The van der Waals surface area contributed by atoms with Crippen LogP contribution in [0.5, 0.6) is 0 Å². The Hall–Kier alpha value is -2.46. The minimum absolute atomic E-state index is 0.0243. The Bertz CT molecular complexity index is 813. The first-order valence-electron chi connectivity index (χ1n) is 8.61. The molecule has 0 fully saturated rings. The van der Waals surface area contributed by atoms with Crippen molar-refractivity contribution in [3.05, 3.63) is 70.3 Å². The minimum Gasteiger partial charge on any atom is -0.390 e. The van der Waals surface area contributed by atoms with Crippen molar-refractivity contribution in [1.29, 1.82) is 0 Å². The SMILES string of the molecule is Cc1ccc(C)c(C(=O)CCC(=O)NC2c3ccccc3CC2O)c1. The third-order valence-electron chi connectivity index (χ3n) is 4.79. The van der Waals surface area contributed by atoms with Gasteiger partial charge in [-0.15, -0.1) is 0 Å². The van der Waals surface area contributed by atoms with Crippen LogP contribution >= 0.6 is 0 Å². The lowest BCUT2D eigenvalue weighted by Gasteiger charge is -2.18. The van der Waals surface area contributed by atoms with Crippen LogP contribution in [0.4, 0.5) is 0 Å². The normalized spacial score (nSPS) is 18.7. The van der Waals surface area contributed by atoms with E-state index < -0.39 is 6.10 Å². The molecule has 2 unspecified atom stereocenters. The molecule has 130 valence electrons. The van der Waals surface area contributed by atoms with Crippen LogP contribution in [-0.2, 0) is 11.2 Å². The Labute approximate surface area is 147 Å². The summed E-state index contributed by atoms with van der Waals surface area (Å²) in [7, 11) is 0. The maximum absolute atomic E-state index is 12.4. The molecule has 0 spiro atoms. The quantitative estimate of drug-likeness (QED) is 0.824. The van der Waals surface area contributed by atoms with Crippen molar-refractivity contribution in [2.24, 2.45) is 0 Å². The average Bonchev–Trinajstić information content (AvgIpc) is 2.90. The Balaban J connectivity index is 1.60. The molecule has 4 nitrogen and oxygen atoms in total. The van der Waals surface area contributed by atoms with Gasteiger partial charge in [0, 0.05) is 24.8 Å². The number of carbonyl (C=O) groups excluding carboxylic acids is 2. The molecule has 0 radical (unpaired) electrons. The van der Waals surface area contributed by atoms with Crippen molar-refractivity contribution in [1.82, 2.24) is 5.32 Å². The third kappa shape index (κ3) is 3.80. The number of nitrogens with one attached hydrogen (secondary N) is 1. The third-order valence-corrected chi connectivity index (χ3v) is 4.79. The van der Waals surface area contributed by atoms with E-state index in [2.05, 4.69) is 5.32 Å². The summed E-state index contributed by atoms with van der Waals surface area (Å²) in [6, 6.07) is 13.1. The van der Waals surface area contributed by atoms with Gasteiger partial charge in [-0.05, 0) is 36.6 Å². The number of fused-ring (bicyclic) bond motifs is 1. The number of aliphatic hydroxyl groups is 1. The van der Waals surface area contributed by atoms with Crippen molar-refractivity contribution in [2.75, 3.05) is 0 Å². The number of carbonyl (C=O) groups is 2. The molecule has 1 aliphatic carbocycles. The van der Waals surface area contributed by atoms with Gasteiger partial charge in [-0.2, -0.15) is 0 Å². The second-order valence-corrected chi connectivity index (χ2v) is 6.76. The number of Topliss-reactive ketones (excluding diaryl/α,β-unsaturated/α-hetero) is 1. The van der Waals surface area contributed by atoms with Crippen molar-refractivity contribution in [3.8, 4) is 0 Å². The van der Waals surface area contributed by atoms with Crippen LogP contribution in [0.3, 0.4) is 0 Å². The number of hydrogen-bond acceptors (Lipinski definition) is 3. The van der Waals surface area contributed by atoms with E-state index in [0.29, 0.717) is 12.0 Å². The lowest BCUT2D eigenvalue weighted by atomic mass is 9.99. The van der Waals surface area contributed by atoms with E-state index in [-0.39, 0.29) is 30.6 Å². The van der Waals surface area contributed by atoms with Gasteiger partial charge >= 0.3 is 0 Å². The summed E-state index contributed by atoms with van der Waals surface area (Å²) >= 11 is 0. The van der Waals surface area contributed by atoms with Gasteiger partial charge in [-0.25, -0.2) is 0 Å². The lowest BCUT2D eigenvalue weighted by Crippen LogP contribution is -2.34. The first kappa shape index (κ1) is 17.4. The standard InChI is InChI=1S/C21H23NO3/c1-13-7-8-14(2)17(11-13)18(23)9-10-20(25)22-21-16-6-4-3-5-15(16)12-19(21)24/h3-8,11,19,21,24H,9-10,12H2,1-2H3,(H,22,25). The molecule has 1 amide bonds. The summed E-state index contributed by atoms with van der Waals surface area (Å²) in [5.74, 6) is -0.233. The molecule has 25 heavy (non-hydrogen) atoms. The molecule has 2 aromatic carbocycles. The van der Waals surface area contributed by atoms with Crippen LogP contribution in [0.1, 0.15) is 51.5 Å². The summed E-state index contributed by atoms with van der Waals surface area (Å²) in [6.07, 6.45) is 0.219. The van der Waals surface area contributed by atoms with E-state index in [1.54, 1.807) is 0 Å². The van der Waals surface area contributed by atoms with Crippen molar-refractivity contribution in [2.45, 2.75) is 45.3 Å². The van der Waals surface area contributed by atoms with Gasteiger partial charge in [-0.1, -0.05) is 42.0 Å². The van der Waals surface area contributed by atoms with E-state index in [4.69, 9.17) is 0 Å². The molecule has 4 heteroatoms. The van der Waals surface area contributed by atoms with Crippen LogP contribution in [0.25, 0.3) is 0 Å². The maximum Gasteiger partial charge on any atom is 0.221 e. The number of hydrogen-bond donors (Lipinski definition) is 2. The van der Waals surface area contributed by atoms with Crippen LogP contribution in [0.15, 0.2) is 42.5 Å². The second kappa shape index (κ2) is 7.19. The number of rotatable bonds is 5. The monoisotopic (exact) mass is 337 g/mol. The predicted octanol–water partition coefficient (Wildman–Crippen LogP) is 3.04. The molecule has 0 heterocycles. The van der Waals surface area contributed by atoms with Crippen molar-refractivity contribution >= 4 is 11.7 Å². The Kier molecular flexibility index (Phi) is 5.00. The van der Waals surface area contributed by atoms with E-state index in [0.717, 1.165) is 22.3 Å². The minimum atomic E-state index is -0.615. The predicted molar refractivity (Wildman–Crippen MR) is 96.5 cm³/mol. The summed E-state index contributed by atoms with van der Waals surface area (Å²) in [5.41, 5.74) is 4.66. The molecule has 0 saturated carbocycles. The highest BCUT2D eigenvalue weighted by molar-refractivity contribution is 5.99. The fourth-order valence-corrected chi connectivity index (χ4v) is 3.39. The lowest BCUT2D eigenvalue weighted by molar-refractivity contribution is -0.122. The van der Waals surface area contributed by atoms with Gasteiger partial charge < -0.3 is 10.4 Å². The van der Waals surface area contributed by atoms with Crippen molar-refractivity contribution in [3.63, 3.8) is 0 Å². The van der Waals surface area contributed by atoms with Crippen LogP contribution in [-0.4, -0.2) is 22.9 Å². The fraction of sp³-hybridized carbons (Fsp3) is 0.333. The molecule has 0 saturated heterocycles. The number of amides is 1. The van der Waals surface area contributed by atoms with E-state index in [9.17, 15) is 14.7 Å². The molecule has 0 aliphatic heterocycles. The zero-order chi connectivity index (χ0) is 18.0. The number of ketones is 1. The zero-order valence-corrected chi connectivity index (χ0v) is 14.6. The highest BCUT2D eigenvalue weighted by Crippen LogP contribution is 2.31. The average molecular weight is 337 g/mol. The molecule has 2 atom stereocenters. The highest BCUT2D eigenvalue weighted by atomic mass is 16.3. The molecule has 1 aliphatic rings. The molecule has 2 aromatic rings. The first-order valence-corrected chi connectivity index (χ1v) is 8.61. The fourth-order valence-electron chi connectivity index (χ4n) is 3.39. The highest BCUT2D eigenvalue weighted by Gasteiger charge is 2.31. The zero-order valence-electron chi connectivity index (χ0n) is 14.6. The number of aliphatic hydroxyl groups excluding tert-OH is 1. The Morgan fingerprint density at radius 3 is 2.68 bits per heavy atom. The molecule has 0 aromatic heterocycles. The van der Waals surface area contributed by atoms with Crippen LogP contribution in [0, 0.1) is 13.8 Å².